The molecule has 1 fully saturated rings. The van der Waals surface area contributed by atoms with Crippen molar-refractivity contribution in [3.8, 4) is 0 Å². The summed E-state index contributed by atoms with van der Waals surface area (Å²) >= 11 is 0. The SMILES string of the molecule is NCC1(C(=O)NCCc2cccc(F)c2)COC1. The Morgan fingerprint density at radius 3 is 2.83 bits per heavy atom. The zero-order chi connectivity index (χ0) is 13.0. The molecule has 1 aromatic rings. The van der Waals surface area contributed by atoms with E-state index < -0.39 is 5.41 Å². The van der Waals surface area contributed by atoms with Crippen LogP contribution in [0.15, 0.2) is 24.3 Å². The molecule has 3 N–H and O–H groups in total. The number of carbonyl (C=O) groups excluding carboxylic acids is 1. The largest absolute Gasteiger partial charge is 0.379 e. The molecule has 1 aliphatic rings. The molecule has 1 aromatic carbocycles. The molecule has 0 radical (unpaired) electrons. The second kappa shape index (κ2) is 5.46. The van der Waals surface area contributed by atoms with Crippen LogP contribution >= 0.6 is 0 Å². The Morgan fingerprint density at radius 1 is 1.50 bits per heavy atom. The van der Waals surface area contributed by atoms with E-state index in [1.165, 1.54) is 12.1 Å². The van der Waals surface area contributed by atoms with E-state index in [2.05, 4.69) is 5.32 Å². The molecular weight excluding hydrogens is 235 g/mol. The number of nitrogens with one attached hydrogen (secondary N) is 1. The van der Waals surface area contributed by atoms with Crippen molar-refractivity contribution in [3.63, 3.8) is 0 Å². The fourth-order valence-corrected chi connectivity index (χ4v) is 1.89. The summed E-state index contributed by atoms with van der Waals surface area (Å²) in [5, 5.41) is 2.82. The number of ether oxygens (including phenoxy) is 1. The quantitative estimate of drug-likeness (QED) is 0.800. The Bertz CT molecular complexity index is 427. The molecule has 5 heteroatoms. The van der Waals surface area contributed by atoms with Crippen LogP contribution in [-0.2, 0) is 16.0 Å². The third kappa shape index (κ3) is 2.68. The molecule has 0 saturated carbocycles. The van der Waals surface area contributed by atoms with E-state index in [1.807, 2.05) is 6.07 Å². The highest BCUT2D eigenvalue weighted by atomic mass is 19.1. The molecule has 0 unspecified atom stereocenters. The molecule has 1 saturated heterocycles. The van der Waals surface area contributed by atoms with Crippen LogP contribution in [0.25, 0.3) is 0 Å². The second-order valence-corrected chi connectivity index (χ2v) is 4.61. The number of nitrogens with two attached hydrogens (primary N) is 1. The summed E-state index contributed by atoms with van der Waals surface area (Å²) in [6, 6.07) is 6.36. The molecule has 98 valence electrons. The van der Waals surface area contributed by atoms with Gasteiger partial charge in [0.2, 0.25) is 5.91 Å². The third-order valence-electron chi connectivity index (χ3n) is 3.22. The maximum Gasteiger partial charge on any atom is 0.232 e. The predicted octanol–water partition coefficient (Wildman–Crippen LogP) is 0.460. The van der Waals surface area contributed by atoms with Crippen molar-refractivity contribution in [3.05, 3.63) is 35.6 Å². The van der Waals surface area contributed by atoms with Crippen LogP contribution in [0.4, 0.5) is 4.39 Å². The van der Waals surface area contributed by atoms with Crippen LogP contribution in [0.2, 0.25) is 0 Å². The molecule has 0 atom stereocenters. The first-order valence-corrected chi connectivity index (χ1v) is 5.97. The summed E-state index contributed by atoms with van der Waals surface area (Å²) in [7, 11) is 0. The normalized spacial score (nSPS) is 17.0. The Morgan fingerprint density at radius 2 is 2.28 bits per heavy atom. The number of halogens is 1. The highest BCUT2D eigenvalue weighted by Gasteiger charge is 2.44. The van der Waals surface area contributed by atoms with Crippen molar-refractivity contribution in [2.24, 2.45) is 11.1 Å². The van der Waals surface area contributed by atoms with Gasteiger partial charge in [0.15, 0.2) is 0 Å². The molecule has 1 amide bonds. The van der Waals surface area contributed by atoms with Gasteiger partial charge in [-0.3, -0.25) is 4.79 Å². The minimum absolute atomic E-state index is 0.0762. The van der Waals surface area contributed by atoms with E-state index in [9.17, 15) is 9.18 Å². The summed E-state index contributed by atoms with van der Waals surface area (Å²) < 4.78 is 18.0. The maximum absolute atomic E-state index is 12.9. The number of benzene rings is 1. The second-order valence-electron chi connectivity index (χ2n) is 4.61. The molecular formula is C13H17FN2O2. The van der Waals surface area contributed by atoms with E-state index in [-0.39, 0.29) is 11.7 Å². The van der Waals surface area contributed by atoms with Crippen molar-refractivity contribution in [1.29, 1.82) is 0 Å². The first-order chi connectivity index (χ1) is 8.66. The molecule has 2 rings (SSSR count). The minimum Gasteiger partial charge on any atom is -0.379 e. The van der Waals surface area contributed by atoms with Crippen LogP contribution in [0.3, 0.4) is 0 Å². The highest BCUT2D eigenvalue weighted by molar-refractivity contribution is 5.84. The lowest BCUT2D eigenvalue weighted by molar-refractivity contribution is -0.159. The number of rotatable bonds is 5. The van der Waals surface area contributed by atoms with Crippen LogP contribution < -0.4 is 11.1 Å². The van der Waals surface area contributed by atoms with Crippen LogP contribution in [-0.4, -0.2) is 32.2 Å². The molecule has 1 aliphatic heterocycles. The molecule has 1 heterocycles. The molecule has 18 heavy (non-hydrogen) atoms. The van der Waals surface area contributed by atoms with Crippen molar-refractivity contribution >= 4 is 5.91 Å². The lowest BCUT2D eigenvalue weighted by Gasteiger charge is -2.38. The monoisotopic (exact) mass is 252 g/mol. The summed E-state index contributed by atoms with van der Waals surface area (Å²) in [5.74, 6) is -0.336. The van der Waals surface area contributed by atoms with Gasteiger partial charge in [-0.2, -0.15) is 0 Å². The summed E-state index contributed by atoms with van der Waals surface area (Å²) in [5.41, 5.74) is 5.89. The van der Waals surface area contributed by atoms with Crippen molar-refractivity contribution < 1.29 is 13.9 Å². The standard InChI is InChI=1S/C13H17FN2O2/c14-11-3-1-2-10(6-11)4-5-16-12(17)13(7-15)8-18-9-13/h1-3,6H,4-5,7-9,15H2,(H,16,17). The Kier molecular flexibility index (Phi) is 3.93. The number of amides is 1. The van der Waals surface area contributed by atoms with Gasteiger partial charge in [0, 0.05) is 13.1 Å². The average Bonchev–Trinajstić information content (AvgIpc) is 2.28. The van der Waals surface area contributed by atoms with E-state index in [4.69, 9.17) is 10.5 Å². The summed E-state index contributed by atoms with van der Waals surface area (Å²) in [6.07, 6.45) is 0.602. The van der Waals surface area contributed by atoms with Crippen LogP contribution in [0, 0.1) is 11.2 Å². The first-order valence-electron chi connectivity index (χ1n) is 5.97. The van der Waals surface area contributed by atoms with Gasteiger partial charge in [0.1, 0.15) is 11.2 Å². The number of carbonyl (C=O) groups is 1. The minimum atomic E-state index is -0.554. The lowest BCUT2D eigenvalue weighted by atomic mass is 9.85. The average molecular weight is 252 g/mol. The molecule has 0 bridgehead atoms. The van der Waals surface area contributed by atoms with Gasteiger partial charge in [-0.05, 0) is 24.1 Å². The van der Waals surface area contributed by atoms with Gasteiger partial charge in [-0.25, -0.2) is 4.39 Å². The fourth-order valence-electron chi connectivity index (χ4n) is 1.89. The first kappa shape index (κ1) is 13.0. The van der Waals surface area contributed by atoms with Crippen molar-refractivity contribution in [2.75, 3.05) is 26.3 Å². The molecule has 0 spiro atoms. The Hall–Kier alpha value is -1.46. The zero-order valence-corrected chi connectivity index (χ0v) is 10.1. The predicted molar refractivity (Wildman–Crippen MR) is 65.4 cm³/mol. The van der Waals surface area contributed by atoms with Gasteiger partial charge in [-0.1, -0.05) is 12.1 Å². The summed E-state index contributed by atoms with van der Waals surface area (Å²) in [6.45, 7) is 1.54. The Balaban J connectivity index is 1.80. The van der Waals surface area contributed by atoms with E-state index in [0.717, 1.165) is 5.56 Å². The topological polar surface area (TPSA) is 64.4 Å². The molecule has 0 aliphatic carbocycles. The molecule has 4 nitrogen and oxygen atoms in total. The third-order valence-corrected chi connectivity index (χ3v) is 3.22. The van der Waals surface area contributed by atoms with Crippen molar-refractivity contribution in [1.82, 2.24) is 5.32 Å². The molecule has 0 aromatic heterocycles. The fraction of sp³-hybridized carbons (Fsp3) is 0.462. The van der Waals surface area contributed by atoms with E-state index in [0.29, 0.717) is 32.7 Å². The van der Waals surface area contributed by atoms with Gasteiger partial charge in [-0.15, -0.1) is 0 Å². The number of hydrogen-bond acceptors (Lipinski definition) is 3. The van der Waals surface area contributed by atoms with Gasteiger partial charge in [0.05, 0.1) is 13.2 Å². The number of hydrogen-bond donors (Lipinski definition) is 2. The van der Waals surface area contributed by atoms with Crippen LogP contribution in [0.5, 0.6) is 0 Å². The van der Waals surface area contributed by atoms with Crippen molar-refractivity contribution in [2.45, 2.75) is 6.42 Å². The smallest absolute Gasteiger partial charge is 0.232 e. The lowest BCUT2D eigenvalue weighted by Crippen LogP contribution is -2.58. The van der Waals surface area contributed by atoms with Gasteiger partial charge < -0.3 is 15.8 Å². The highest BCUT2D eigenvalue weighted by Crippen LogP contribution is 2.25. The maximum atomic E-state index is 12.9. The zero-order valence-electron chi connectivity index (χ0n) is 10.1. The van der Waals surface area contributed by atoms with Crippen LogP contribution in [0.1, 0.15) is 5.56 Å². The van der Waals surface area contributed by atoms with E-state index in [1.54, 1.807) is 6.07 Å². The van der Waals surface area contributed by atoms with Gasteiger partial charge >= 0.3 is 0 Å². The Labute approximate surface area is 105 Å². The van der Waals surface area contributed by atoms with E-state index >= 15 is 0 Å². The van der Waals surface area contributed by atoms with Gasteiger partial charge in [0.25, 0.3) is 0 Å². The summed E-state index contributed by atoms with van der Waals surface area (Å²) in [4.78, 5) is 11.9.